The van der Waals surface area contributed by atoms with Crippen LogP contribution in [0.1, 0.15) is 6.42 Å². The molecule has 0 aromatic rings. The summed E-state index contributed by atoms with van der Waals surface area (Å²) in [6.45, 7) is 3.44. The Hall–Kier alpha value is 0.270. The van der Waals surface area contributed by atoms with Crippen LogP contribution in [0.25, 0.3) is 0 Å². The lowest BCUT2D eigenvalue weighted by Crippen LogP contribution is -2.74. The fourth-order valence-corrected chi connectivity index (χ4v) is 6.42. The molecule has 0 N–H and O–H groups in total. The summed E-state index contributed by atoms with van der Waals surface area (Å²) >= 11 is 0. The van der Waals surface area contributed by atoms with Crippen molar-refractivity contribution in [2.45, 2.75) is 12.6 Å². The van der Waals surface area contributed by atoms with Crippen LogP contribution >= 0.6 is 7.92 Å². The van der Waals surface area contributed by atoms with E-state index in [1.54, 1.807) is 0 Å². The minimum Gasteiger partial charge on any atom is -0.385 e. The molecule has 86 valence electrons. The zero-order valence-corrected chi connectivity index (χ0v) is 10.6. The van der Waals surface area contributed by atoms with Crippen LogP contribution in [0.4, 0.5) is 0 Å². The Kier molecular flexibility index (Phi) is 2.53. The first-order valence-electron chi connectivity index (χ1n) is 5.73. The lowest BCUT2D eigenvalue weighted by atomic mass is 10.2. The molecule has 15 heavy (non-hydrogen) atoms. The maximum absolute atomic E-state index is 5.22. The van der Waals surface area contributed by atoms with E-state index < -0.39 is 0 Å². The minimum absolute atomic E-state index is 0.281. The molecule has 4 saturated heterocycles. The van der Waals surface area contributed by atoms with E-state index >= 15 is 0 Å². The largest absolute Gasteiger partial charge is 0.385 e. The SMILES string of the molecule is COCCC1N2CP3CN1C[N+](C)(C2)C3. The van der Waals surface area contributed by atoms with Crippen LogP contribution in [0.15, 0.2) is 0 Å². The predicted octanol–water partition coefficient (Wildman–Crippen LogP) is 0.710. The van der Waals surface area contributed by atoms with E-state index in [0.717, 1.165) is 6.61 Å². The van der Waals surface area contributed by atoms with Crippen molar-refractivity contribution in [3.05, 3.63) is 0 Å². The van der Waals surface area contributed by atoms with Crippen LogP contribution in [0.5, 0.6) is 0 Å². The molecule has 4 heterocycles. The molecular formula is C10H21N3OP+. The monoisotopic (exact) mass is 230 g/mol. The number of rotatable bonds is 3. The van der Waals surface area contributed by atoms with Gasteiger partial charge in [-0.3, -0.25) is 4.48 Å². The van der Waals surface area contributed by atoms with E-state index in [1.165, 1.54) is 43.1 Å². The highest BCUT2D eigenvalue weighted by atomic mass is 31.1. The Labute approximate surface area is 93.1 Å². The highest BCUT2D eigenvalue weighted by Gasteiger charge is 2.51. The second-order valence-corrected chi connectivity index (χ2v) is 7.63. The molecular weight excluding hydrogens is 209 g/mol. The van der Waals surface area contributed by atoms with Gasteiger partial charge in [-0.2, -0.15) is 0 Å². The van der Waals surface area contributed by atoms with Crippen molar-refractivity contribution in [2.75, 3.05) is 53.0 Å². The van der Waals surface area contributed by atoms with Gasteiger partial charge in [0.2, 0.25) is 0 Å². The van der Waals surface area contributed by atoms with E-state index in [0.29, 0.717) is 6.17 Å². The molecule has 2 atom stereocenters. The summed E-state index contributed by atoms with van der Waals surface area (Å²) < 4.78 is 6.49. The van der Waals surface area contributed by atoms with Crippen molar-refractivity contribution in [1.82, 2.24) is 9.80 Å². The lowest BCUT2D eigenvalue weighted by molar-refractivity contribution is -0.933. The van der Waals surface area contributed by atoms with Gasteiger partial charge >= 0.3 is 0 Å². The third-order valence-corrected chi connectivity index (χ3v) is 6.38. The van der Waals surface area contributed by atoms with Crippen molar-refractivity contribution in [3.8, 4) is 0 Å². The fraction of sp³-hybridized carbons (Fsp3) is 1.00. The summed E-state index contributed by atoms with van der Waals surface area (Å²) in [4.78, 5) is 5.39. The molecule has 0 amide bonds. The van der Waals surface area contributed by atoms with E-state index in [1.807, 2.05) is 7.11 Å². The molecule has 4 aliphatic heterocycles. The van der Waals surface area contributed by atoms with Crippen LogP contribution in [0.2, 0.25) is 0 Å². The average molecular weight is 230 g/mol. The molecule has 0 aromatic carbocycles. The zero-order chi connectivity index (χ0) is 10.5. The van der Waals surface area contributed by atoms with Crippen LogP contribution in [0, 0.1) is 0 Å². The molecule has 2 unspecified atom stereocenters. The van der Waals surface area contributed by atoms with Gasteiger partial charge < -0.3 is 4.74 Å². The molecule has 0 spiro atoms. The third kappa shape index (κ3) is 1.73. The van der Waals surface area contributed by atoms with E-state index in [9.17, 15) is 0 Å². The summed E-state index contributed by atoms with van der Waals surface area (Å²) in [6, 6.07) is 0. The number of quaternary nitrogens is 1. The number of ether oxygens (including phenoxy) is 1. The molecule has 0 aromatic heterocycles. The average Bonchev–Trinajstić information content (AvgIpc) is 2.14. The molecule has 4 aliphatic rings. The van der Waals surface area contributed by atoms with Gasteiger partial charge in [0.1, 0.15) is 19.6 Å². The number of hydrogen-bond acceptors (Lipinski definition) is 3. The minimum atomic E-state index is 0.281. The maximum atomic E-state index is 5.22. The van der Waals surface area contributed by atoms with Gasteiger partial charge in [-0.15, -0.1) is 0 Å². The van der Waals surface area contributed by atoms with E-state index in [4.69, 9.17) is 4.74 Å². The van der Waals surface area contributed by atoms with Crippen molar-refractivity contribution in [2.24, 2.45) is 0 Å². The topological polar surface area (TPSA) is 15.7 Å². The van der Waals surface area contributed by atoms with Crippen molar-refractivity contribution in [3.63, 3.8) is 0 Å². The van der Waals surface area contributed by atoms with Crippen LogP contribution in [0.3, 0.4) is 0 Å². The first-order chi connectivity index (χ1) is 7.20. The molecule has 0 aliphatic carbocycles. The number of nitrogens with zero attached hydrogens (tertiary/aromatic N) is 3. The predicted molar refractivity (Wildman–Crippen MR) is 61.4 cm³/mol. The van der Waals surface area contributed by atoms with Crippen LogP contribution in [-0.4, -0.2) is 73.4 Å². The first-order valence-corrected chi connectivity index (χ1v) is 7.63. The standard InChI is InChI=1S/C10H21N3OP/c1-13-5-11-7-15(9-13)8-12(6-13)10(11)3-4-14-2/h10H,3-9H2,1-2H3/q+1. The molecule has 5 heteroatoms. The van der Waals surface area contributed by atoms with Gasteiger partial charge in [0.25, 0.3) is 0 Å². The Balaban J connectivity index is 1.73. The summed E-state index contributed by atoms with van der Waals surface area (Å²) in [5, 5.41) is 0. The third-order valence-electron chi connectivity index (χ3n) is 3.77. The molecule has 0 radical (unpaired) electrons. The summed E-state index contributed by atoms with van der Waals surface area (Å²) in [7, 11) is 4.51. The quantitative estimate of drug-likeness (QED) is 0.524. The highest BCUT2D eigenvalue weighted by Crippen LogP contribution is 2.52. The van der Waals surface area contributed by atoms with Crippen molar-refractivity contribution in [1.29, 1.82) is 0 Å². The van der Waals surface area contributed by atoms with Gasteiger partial charge in [0.15, 0.2) is 0 Å². The summed E-state index contributed by atoms with van der Waals surface area (Å²) in [6.07, 6.45) is 6.08. The second kappa shape index (κ2) is 3.64. The number of hydrogen-bond donors (Lipinski definition) is 0. The molecule has 0 saturated carbocycles. The summed E-state index contributed by atoms with van der Waals surface area (Å²) in [5.41, 5.74) is 0. The highest BCUT2D eigenvalue weighted by molar-refractivity contribution is 7.57. The second-order valence-electron chi connectivity index (χ2n) is 5.44. The number of methoxy groups -OCH3 is 1. The Morgan fingerprint density at radius 1 is 1.33 bits per heavy atom. The van der Waals surface area contributed by atoms with Gasteiger partial charge in [0.05, 0.1) is 13.2 Å². The van der Waals surface area contributed by atoms with Crippen molar-refractivity contribution < 1.29 is 9.22 Å². The van der Waals surface area contributed by atoms with Gasteiger partial charge in [-0.25, -0.2) is 9.80 Å². The molecule has 4 bridgehead atoms. The molecule has 4 rings (SSSR count). The smallest absolute Gasteiger partial charge is 0.137 e. The van der Waals surface area contributed by atoms with E-state index in [2.05, 4.69) is 16.8 Å². The molecule has 4 nitrogen and oxygen atoms in total. The van der Waals surface area contributed by atoms with Gasteiger partial charge in [0, 0.05) is 32.7 Å². The maximum Gasteiger partial charge on any atom is 0.137 e. The first kappa shape index (κ1) is 10.4. The summed E-state index contributed by atoms with van der Waals surface area (Å²) in [5.74, 6) is 0. The van der Waals surface area contributed by atoms with E-state index in [-0.39, 0.29) is 7.92 Å². The Morgan fingerprint density at radius 2 is 2.00 bits per heavy atom. The Bertz CT molecular complexity index is 247. The molecule has 4 fully saturated rings. The van der Waals surface area contributed by atoms with Crippen LogP contribution in [-0.2, 0) is 4.74 Å². The zero-order valence-electron chi connectivity index (χ0n) is 9.72. The Morgan fingerprint density at radius 3 is 2.53 bits per heavy atom. The fourth-order valence-electron chi connectivity index (χ4n) is 3.43. The van der Waals surface area contributed by atoms with Gasteiger partial charge in [-0.05, 0) is 7.92 Å². The van der Waals surface area contributed by atoms with Gasteiger partial charge in [-0.1, -0.05) is 0 Å². The van der Waals surface area contributed by atoms with Crippen LogP contribution < -0.4 is 0 Å². The normalized spacial score (nSPS) is 52.4. The van der Waals surface area contributed by atoms with Crippen molar-refractivity contribution >= 4 is 7.92 Å². The lowest BCUT2D eigenvalue weighted by Gasteiger charge is -2.62.